The van der Waals surface area contributed by atoms with Gasteiger partial charge in [-0.05, 0) is 63.3 Å². The first-order chi connectivity index (χ1) is 10.9. The van der Waals surface area contributed by atoms with E-state index in [-0.39, 0.29) is 12.1 Å². The van der Waals surface area contributed by atoms with Gasteiger partial charge < -0.3 is 9.15 Å². The molecule has 0 aromatic carbocycles. The van der Waals surface area contributed by atoms with Crippen LogP contribution < -0.4 is 0 Å². The molecule has 3 heterocycles. The number of aryl methyl sites for hydroxylation is 1. The highest BCUT2D eigenvalue weighted by Crippen LogP contribution is 2.31. The molecule has 0 aliphatic carbocycles. The molecule has 23 heavy (non-hydrogen) atoms. The zero-order valence-corrected chi connectivity index (χ0v) is 14.1. The van der Waals surface area contributed by atoms with E-state index in [1.165, 1.54) is 5.56 Å². The second kappa shape index (κ2) is 6.23. The Kier molecular flexibility index (Phi) is 4.29. The zero-order chi connectivity index (χ0) is 16.6. The summed E-state index contributed by atoms with van der Waals surface area (Å²) in [6, 6.07) is 2.09. The molecule has 0 unspecified atom stereocenters. The van der Waals surface area contributed by atoms with Crippen molar-refractivity contribution in [3.05, 3.63) is 52.5 Å². The minimum atomic E-state index is -0.158. The van der Waals surface area contributed by atoms with E-state index in [0.29, 0.717) is 12.3 Å². The maximum absolute atomic E-state index is 12.0. The first-order valence-corrected chi connectivity index (χ1v) is 8.26. The molecule has 2 aliphatic rings. The predicted molar refractivity (Wildman–Crippen MR) is 90.9 cm³/mol. The molecule has 3 rings (SSSR count). The summed E-state index contributed by atoms with van der Waals surface area (Å²) >= 11 is 0. The highest BCUT2D eigenvalue weighted by atomic mass is 16.5. The van der Waals surface area contributed by atoms with Gasteiger partial charge in [0.05, 0.1) is 0 Å². The van der Waals surface area contributed by atoms with Crippen molar-refractivity contribution < 1.29 is 13.9 Å². The van der Waals surface area contributed by atoms with E-state index in [0.717, 1.165) is 47.5 Å². The van der Waals surface area contributed by atoms with Crippen LogP contribution in [0.1, 0.15) is 50.2 Å². The molecule has 3 nitrogen and oxygen atoms in total. The molecule has 4 bridgehead atoms. The summed E-state index contributed by atoms with van der Waals surface area (Å²) in [6.07, 6.45) is 7.07. The van der Waals surface area contributed by atoms with Crippen LogP contribution in [-0.4, -0.2) is 12.1 Å². The first-order valence-electron chi connectivity index (χ1n) is 8.26. The van der Waals surface area contributed by atoms with E-state index in [1.807, 2.05) is 19.1 Å². The van der Waals surface area contributed by atoms with Gasteiger partial charge in [-0.2, -0.15) is 0 Å². The van der Waals surface area contributed by atoms with Gasteiger partial charge in [0.2, 0.25) is 0 Å². The fourth-order valence-electron chi connectivity index (χ4n) is 3.34. The topological polar surface area (TPSA) is 39.4 Å². The Morgan fingerprint density at radius 1 is 1.30 bits per heavy atom. The van der Waals surface area contributed by atoms with Crippen molar-refractivity contribution in [3.8, 4) is 0 Å². The molecule has 2 aliphatic heterocycles. The van der Waals surface area contributed by atoms with Crippen LogP contribution in [0.2, 0.25) is 0 Å². The number of rotatable bonds is 1. The lowest BCUT2D eigenvalue weighted by Gasteiger charge is -2.16. The van der Waals surface area contributed by atoms with Gasteiger partial charge in [-0.15, -0.1) is 0 Å². The summed E-state index contributed by atoms with van der Waals surface area (Å²) in [4.78, 5) is 12.0. The van der Waals surface area contributed by atoms with Gasteiger partial charge in [0, 0.05) is 18.4 Å². The van der Waals surface area contributed by atoms with Gasteiger partial charge in [-0.3, -0.25) is 0 Å². The summed E-state index contributed by atoms with van der Waals surface area (Å²) in [6.45, 7) is 10.3. The summed E-state index contributed by atoms with van der Waals surface area (Å²) in [7, 11) is 0. The van der Waals surface area contributed by atoms with Crippen molar-refractivity contribution in [2.24, 2.45) is 5.92 Å². The monoisotopic (exact) mass is 312 g/mol. The number of esters is 1. The number of carbonyl (C=O) groups excluding carboxylic acids is 1. The van der Waals surface area contributed by atoms with Crippen LogP contribution in [0.15, 0.2) is 39.9 Å². The van der Waals surface area contributed by atoms with Crippen molar-refractivity contribution in [2.45, 2.75) is 52.6 Å². The molecule has 0 spiro atoms. The number of ether oxygens (including phenoxy) is 1. The third kappa shape index (κ3) is 3.49. The number of carbonyl (C=O) groups is 1. The third-order valence-electron chi connectivity index (χ3n) is 4.75. The standard InChI is InChI=1S/C20H24O3/c1-12(2)15-5-6-16-10-18(23-20(16)21)8-13(3)7-17-9-14(4)19(11-15)22-17/h7,9-10,15,18H,1,5-6,8,11H2,2-4H3/b13-7-/t15-,18+/m0/s1. The van der Waals surface area contributed by atoms with Crippen molar-refractivity contribution in [1.29, 1.82) is 0 Å². The summed E-state index contributed by atoms with van der Waals surface area (Å²) in [5.41, 5.74) is 4.27. The minimum absolute atomic E-state index is 0.145. The number of hydrogen-bond acceptors (Lipinski definition) is 3. The molecule has 0 saturated heterocycles. The highest BCUT2D eigenvalue weighted by Gasteiger charge is 2.27. The molecule has 0 fully saturated rings. The van der Waals surface area contributed by atoms with E-state index in [4.69, 9.17) is 9.15 Å². The maximum Gasteiger partial charge on any atom is 0.334 e. The van der Waals surface area contributed by atoms with E-state index >= 15 is 0 Å². The smallest absolute Gasteiger partial charge is 0.334 e. The normalized spacial score (nSPS) is 27.0. The molecule has 0 radical (unpaired) electrons. The second-order valence-electron chi connectivity index (χ2n) is 6.87. The predicted octanol–water partition coefficient (Wildman–Crippen LogP) is 4.76. The highest BCUT2D eigenvalue weighted by molar-refractivity contribution is 5.90. The molecule has 0 saturated carbocycles. The maximum atomic E-state index is 12.0. The number of fused-ring (bicyclic) bond motifs is 3. The Morgan fingerprint density at radius 3 is 2.83 bits per heavy atom. The van der Waals surface area contributed by atoms with Crippen molar-refractivity contribution in [1.82, 2.24) is 0 Å². The van der Waals surface area contributed by atoms with E-state index in [9.17, 15) is 4.79 Å². The van der Waals surface area contributed by atoms with Gasteiger partial charge in [-0.25, -0.2) is 4.79 Å². The Bertz CT molecular complexity index is 702. The molecule has 1 aromatic heterocycles. The lowest BCUT2D eigenvalue weighted by molar-refractivity contribution is -0.139. The third-order valence-corrected chi connectivity index (χ3v) is 4.75. The van der Waals surface area contributed by atoms with E-state index in [2.05, 4.69) is 26.5 Å². The van der Waals surface area contributed by atoms with Gasteiger partial charge >= 0.3 is 5.97 Å². The van der Waals surface area contributed by atoms with Crippen molar-refractivity contribution in [3.63, 3.8) is 0 Å². The van der Waals surface area contributed by atoms with Crippen LogP contribution in [0.5, 0.6) is 0 Å². The Balaban J connectivity index is 1.96. The van der Waals surface area contributed by atoms with Crippen LogP contribution in [0, 0.1) is 12.8 Å². The Morgan fingerprint density at radius 2 is 2.09 bits per heavy atom. The molecule has 122 valence electrons. The largest absolute Gasteiger partial charge is 0.461 e. The minimum Gasteiger partial charge on any atom is -0.461 e. The van der Waals surface area contributed by atoms with Crippen LogP contribution >= 0.6 is 0 Å². The fourth-order valence-corrected chi connectivity index (χ4v) is 3.34. The molecular formula is C20H24O3. The van der Waals surface area contributed by atoms with Crippen LogP contribution in [0.25, 0.3) is 6.08 Å². The number of furan rings is 1. The molecular weight excluding hydrogens is 288 g/mol. The van der Waals surface area contributed by atoms with Gasteiger partial charge in [0.25, 0.3) is 0 Å². The zero-order valence-electron chi connectivity index (χ0n) is 14.1. The lowest BCUT2D eigenvalue weighted by atomic mass is 9.89. The van der Waals surface area contributed by atoms with Crippen molar-refractivity contribution in [2.75, 3.05) is 0 Å². The van der Waals surface area contributed by atoms with Crippen LogP contribution in [0.4, 0.5) is 0 Å². The van der Waals surface area contributed by atoms with Gasteiger partial charge in [-0.1, -0.05) is 17.7 Å². The Labute approximate surface area is 137 Å². The number of allylic oxidation sites excluding steroid dienone is 1. The Hall–Kier alpha value is -2.03. The summed E-state index contributed by atoms with van der Waals surface area (Å²) in [5, 5.41) is 0. The average molecular weight is 312 g/mol. The summed E-state index contributed by atoms with van der Waals surface area (Å²) in [5.74, 6) is 2.06. The summed E-state index contributed by atoms with van der Waals surface area (Å²) < 4.78 is 11.5. The lowest BCUT2D eigenvalue weighted by Crippen LogP contribution is -2.10. The first kappa shape index (κ1) is 15.9. The molecule has 2 atom stereocenters. The number of hydrogen-bond donors (Lipinski definition) is 0. The average Bonchev–Trinajstić information content (AvgIpc) is 2.97. The van der Waals surface area contributed by atoms with Gasteiger partial charge in [0.15, 0.2) is 0 Å². The molecule has 3 heteroatoms. The molecule has 1 aromatic rings. The SMILES string of the molecule is C=C(C)[C@H]1CCC2=C[C@@H](C/C(C)=C\c3cc(C)c(o3)C1)OC2=O. The molecule has 0 amide bonds. The van der Waals surface area contributed by atoms with Crippen molar-refractivity contribution >= 4 is 12.0 Å². The second-order valence-corrected chi connectivity index (χ2v) is 6.87. The van der Waals surface area contributed by atoms with Crippen LogP contribution in [-0.2, 0) is 16.0 Å². The molecule has 0 N–H and O–H groups in total. The van der Waals surface area contributed by atoms with E-state index in [1.54, 1.807) is 0 Å². The van der Waals surface area contributed by atoms with E-state index < -0.39 is 0 Å². The quantitative estimate of drug-likeness (QED) is 0.554. The van der Waals surface area contributed by atoms with Crippen LogP contribution in [0.3, 0.4) is 0 Å². The fraction of sp³-hybridized carbons (Fsp3) is 0.450. The van der Waals surface area contributed by atoms with Gasteiger partial charge in [0.1, 0.15) is 17.6 Å².